The average molecular weight is 770 g/mol. The maximum absolute atomic E-state index is 11.8. The van der Waals surface area contributed by atoms with Gasteiger partial charge in [0.1, 0.15) is 40.1 Å². The number of benzene rings is 2. The van der Waals surface area contributed by atoms with Crippen LogP contribution in [0.3, 0.4) is 0 Å². The van der Waals surface area contributed by atoms with Crippen LogP contribution in [0.15, 0.2) is 59.0 Å². The number of ketones is 1. The molecule has 6 aromatic rings. The van der Waals surface area contributed by atoms with Gasteiger partial charge in [-0.05, 0) is 128 Å². The summed E-state index contributed by atoms with van der Waals surface area (Å²) < 4.78 is 0. The molecule has 2 aliphatic carbocycles. The maximum Gasteiger partial charge on any atom is 0.160 e. The molecule has 280 valence electrons. The normalized spacial score (nSPS) is 18.3. The second-order valence-electron chi connectivity index (χ2n) is 15.0. The number of hydrogen-bond donors (Lipinski definition) is 4. The number of aliphatic imine (C=N–C) groups is 2. The largest absolute Gasteiger partial charge is 0.386 e. The van der Waals surface area contributed by atoms with Crippen LogP contribution in [-0.4, -0.2) is 55.9 Å². The molecule has 0 radical (unpaired) electrons. The number of carbonyl (C=O) groups is 1. The lowest BCUT2D eigenvalue weighted by Gasteiger charge is -2.22. The zero-order chi connectivity index (χ0) is 37.5. The molecule has 3 atom stereocenters. The van der Waals surface area contributed by atoms with Crippen LogP contribution >= 0.6 is 22.7 Å². The zero-order valence-electron chi connectivity index (χ0n) is 30.7. The molecule has 11 nitrogen and oxygen atoms in total. The topological polar surface area (TPSA) is 164 Å². The van der Waals surface area contributed by atoms with Crippen molar-refractivity contribution in [3.63, 3.8) is 0 Å². The lowest BCUT2D eigenvalue weighted by atomic mass is 9.84. The van der Waals surface area contributed by atoms with Gasteiger partial charge < -0.3 is 21.5 Å². The highest BCUT2D eigenvalue weighted by Gasteiger charge is 2.27. The summed E-state index contributed by atoms with van der Waals surface area (Å²) >= 11 is 3.54. The second-order valence-corrected chi connectivity index (χ2v) is 17.1. The van der Waals surface area contributed by atoms with Gasteiger partial charge in [0, 0.05) is 40.0 Å². The number of aromatic nitrogens is 4. The van der Waals surface area contributed by atoms with E-state index in [0.29, 0.717) is 18.3 Å². The lowest BCUT2D eigenvalue weighted by Crippen LogP contribution is -2.21. The summed E-state index contributed by atoms with van der Waals surface area (Å²) in [5.74, 6) is 2.78. The van der Waals surface area contributed by atoms with E-state index in [2.05, 4.69) is 77.0 Å². The maximum atomic E-state index is 11.8. The number of carbonyl (C=O) groups excluding carboxylic acids is 1. The number of fused-ring (bicyclic) bond motifs is 8. The highest BCUT2D eigenvalue weighted by atomic mass is 32.1. The van der Waals surface area contributed by atoms with Crippen molar-refractivity contribution in [3.05, 3.63) is 92.2 Å². The predicted molar refractivity (Wildman–Crippen MR) is 223 cm³/mol. The van der Waals surface area contributed by atoms with E-state index in [-0.39, 0.29) is 5.78 Å². The van der Waals surface area contributed by atoms with Crippen LogP contribution in [0.4, 0.5) is 23.0 Å². The van der Waals surface area contributed by atoms with Gasteiger partial charge in [0.2, 0.25) is 0 Å². The van der Waals surface area contributed by atoms with Gasteiger partial charge in [0.25, 0.3) is 0 Å². The Labute approximate surface area is 327 Å². The summed E-state index contributed by atoms with van der Waals surface area (Å²) in [6.45, 7) is 3.86. The van der Waals surface area contributed by atoms with E-state index in [1.807, 2.05) is 12.4 Å². The third kappa shape index (κ3) is 7.29. The first kappa shape index (κ1) is 35.7. The number of nitrogens with one attached hydrogen (secondary N) is 2. The quantitative estimate of drug-likeness (QED) is 0.116. The molecule has 6 heterocycles. The van der Waals surface area contributed by atoms with Gasteiger partial charge in [0.15, 0.2) is 5.78 Å². The Morgan fingerprint density at radius 2 is 1.33 bits per heavy atom. The van der Waals surface area contributed by atoms with Crippen molar-refractivity contribution in [2.75, 3.05) is 17.2 Å². The fourth-order valence-corrected chi connectivity index (χ4v) is 10.8. The molecular weight excluding hydrogens is 727 g/mol. The minimum absolute atomic E-state index is 0.0612. The molecule has 2 aliphatic heterocycles. The van der Waals surface area contributed by atoms with E-state index in [9.17, 15) is 9.90 Å². The molecule has 0 bridgehead atoms. The molecule has 4 aliphatic rings. The standard InChI is InChI=1S/C23H24N4O2S.C19H19N5S/c1-13(28)19(29)7-3-14-2-6-18-20(8-14)30-23-21(18)22(25-12-26-23)27-17-5-4-15-10-24-11-16(15)9-17;20-7-11-1-4-15-16(5-11)25-19-17(15)18(22-10-23-19)24-14-3-2-12-8-21-9-13(12)6-14/h4-5,9,11-14,28H,2-3,6-8,10H2,1H3,(H,25,26,27);2-3,6,9-11H,1,4-5,7-8,20H2,(H,22,23,24). The van der Waals surface area contributed by atoms with E-state index in [0.717, 1.165) is 108 Å². The van der Waals surface area contributed by atoms with Crippen LogP contribution in [0.5, 0.6) is 0 Å². The fourth-order valence-electron chi connectivity index (χ4n) is 8.18. The van der Waals surface area contributed by atoms with Crippen molar-refractivity contribution in [2.24, 2.45) is 27.6 Å². The third-order valence-electron chi connectivity index (χ3n) is 11.3. The number of aliphatic hydroxyl groups excluding tert-OH is 1. The number of anilines is 4. The van der Waals surface area contributed by atoms with Crippen molar-refractivity contribution in [1.82, 2.24) is 19.9 Å². The summed E-state index contributed by atoms with van der Waals surface area (Å²) in [7, 11) is 0. The molecule has 0 saturated carbocycles. The van der Waals surface area contributed by atoms with Gasteiger partial charge in [-0.2, -0.15) is 0 Å². The molecule has 0 amide bonds. The van der Waals surface area contributed by atoms with E-state index >= 15 is 0 Å². The van der Waals surface area contributed by atoms with E-state index < -0.39 is 6.10 Å². The highest BCUT2D eigenvalue weighted by Crippen LogP contribution is 2.42. The summed E-state index contributed by atoms with van der Waals surface area (Å²) in [6.07, 6.45) is 13.9. The number of thiophene rings is 2. The molecule has 3 unspecified atom stereocenters. The van der Waals surface area contributed by atoms with Gasteiger partial charge in [-0.25, -0.2) is 19.9 Å². The molecule has 2 aromatic carbocycles. The predicted octanol–water partition coefficient (Wildman–Crippen LogP) is 7.63. The van der Waals surface area contributed by atoms with Crippen molar-refractivity contribution < 1.29 is 9.90 Å². The summed E-state index contributed by atoms with van der Waals surface area (Å²) in [6, 6.07) is 12.7. The van der Waals surface area contributed by atoms with Crippen LogP contribution in [-0.2, 0) is 43.6 Å². The Hall–Kier alpha value is -4.95. The van der Waals surface area contributed by atoms with Crippen LogP contribution in [0.25, 0.3) is 20.4 Å². The Balaban J connectivity index is 0.000000147. The van der Waals surface area contributed by atoms with Gasteiger partial charge >= 0.3 is 0 Å². The minimum Gasteiger partial charge on any atom is -0.386 e. The van der Waals surface area contributed by atoms with Crippen LogP contribution in [0.2, 0.25) is 0 Å². The van der Waals surface area contributed by atoms with Gasteiger partial charge in [0.05, 0.1) is 23.9 Å². The Kier molecular flexibility index (Phi) is 9.94. The molecule has 13 heteroatoms. The minimum atomic E-state index is -0.858. The highest BCUT2D eigenvalue weighted by molar-refractivity contribution is 7.19. The number of rotatable bonds is 9. The SMILES string of the molecule is CC(O)C(=O)CCC1CCc2c(sc3ncnc(Nc4ccc5c(c4)C=NC5)c23)C1.NCC1CCc2c(sc3ncnc(Nc4ccc5c(c4)C=NC5)c23)C1. The second kappa shape index (κ2) is 15.3. The molecule has 4 aromatic heterocycles. The van der Waals surface area contributed by atoms with E-state index in [1.165, 1.54) is 43.0 Å². The van der Waals surface area contributed by atoms with Crippen molar-refractivity contribution >= 4 is 84.3 Å². The number of aliphatic hydroxyl groups is 1. The van der Waals surface area contributed by atoms with Gasteiger partial charge in [-0.1, -0.05) is 12.1 Å². The first-order valence-electron chi connectivity index (χ1n) is 19.1. The van der Waals surface area contributed by atoms with Crippen molar-refractivity contribution in [3.8, 4) is 0 Å². The molecule has 10 rings (SSSR count). The zero-order valence-corrected chi connectivity index (χ0v) is 32.3. The molecule has 0 spiro atoms. The van der Waals surface area contributed by atoms with Crippen LogP contribution < -0.4 is 16.4 Å². The summed E-state index contributed by atoms with van der Waals surface area (Å²) in [5, 5.41) is 18.8. The monoisotopic (exact) mass is 769 g/mol. The number of aryl methyl sites for hydroxylation is 2. The Morgan fingerprint density at radius 3 is 1.85 bits per heavy atom. The van der Waals surface area contributed by atoms with E-state index in [4.69, 9.17) is 5.73 Å². The van der Waals surface area contributed by atoms with Crippen molar-refractivity contribution in [2.45, 2.75) is 77.5 Å². The molecule has 5 N–H and O–H groups in total. The summed E-state index contributed by atoms with van der Waals surface area (Å²) in [5.41, 5.74) is 15.6. The Bertz CT molecular complexity index is 2490. The Morgan fingerprint density at radius 1 is 0.800 bits per heavy atom. The van der Waals surface area contributed by atoms with Gasteiger partial charge in [-0.15, -0.1) is 22.7 Å². The summed E-state index contributed by atoms with van der Waals surface area (Å²) in [4.78, 5) is 43.4. The molecular formula is C42H43N9O2S2. The first-order chi connectivity index (χ1) is 26.9. The molecule has 55 heavy (non-hydrogen) atoms. The number of Topliss-reactive ketones (excluding diaryl/α,β-unsaturated/α-hetero) is 1. The van der Waals surface area contributed by atoms with Gasteiger partial charge in [-0.3, -0.25) is 14.8 Å². The van der Waals surface area contributed by atoms with Crippen LogP contribution in [0, 0.1) is 11.8 Å². The number of nitrogens with two attached hydrogens (primary N) is 1. The fraction of sp³-hybridized carbons (Fsp3) is 0.357. The lowest BCUT2D eigenvalue weighted by molar-refractivity contribution is -0.126. The smallest absolute Gasteiger partial charge is 0.160 e. The first-order valence-corrected chi connectivity index (χ1v) is 20.7. The molecule has 0 saturated heterocycles. The van der Waals surface area contributed by atoms with Crippen LogP contribution in [0.1, 0.15) is 75.7 Å². The van der Waals surface area contributed by atoms with E-state index in [1.54, 1.807) is 42.3 Å². The average Bonchev–Trinajstić information content (AvgIpc) is 4.01. The number of nitrogens with zero attached hydrogens (tertiary/aromatic N) is 6. The third-order valence-corrected chi connectivity index (χ3v) is 13.6. The van der Waals surface area contributed by atoms with Crippen molar-refractivity contribution in [1.29, 1.82) is 0 Å². The molecule has 0 fully saturated rings. The number of hydrogen-bond acceptors (Lipinski definition) is 13.